The maximum atomic E-state index is 14.1. The van der Waals surface area contributed by atoms with Gasteiger partial charge in [-0.3, -0.25) is 0 Å². The monoisotopic (exact) mass is 279 g/mol. The van der Waals surface area contributed by atoms with Gasteiger partial charge in [-0.25, -0.2) is 4.39 Å². The van der Waals surface area contributed by atoms with Crippen molar-refractivity contribution in [2.75, 3.05) is 6.61 Å². The van der Waals surface area contributed by atoms with Crippen molar-refractivity contribution in [3.8, 4) is 0 Å². The molecule has 0 amide bonds. The number of halogens is 1. The van der Waals surface area contributed by atoms with Gasteiger partial charge in [0.25, 0.3) is 0 Å². The van der Waals surface area contributed by atoms with Crippen molar-refractivity contribution in [2.24, 2.45) is 11.7 Å². The highest BCUT2D eigenvalue weighted by molar-refractivity contribution is 5.27. The van der Waals surface area contributed by atoms with Crippen LogP contribution in [0.4, 0.5) is 4.39 Å². The van der Waals surface area contributed by atoms with E-state index in [0.29, 0.717) is 18.1 Å². The molecule has 2 N–H and O–H groups in total. The Hall–Kier alpha value is -0.930. The Balaban J connectivity index is 2.20. The molecule has 0 saturated heterocycles. The number of benzene rings is 1. The van der Waals surface area contributed by atoms with E-state index in [1.165, 1.54) is 25.3 Å². The quantitative estimate of drug-likeness (QED) is 0.880. The fraction of sp³-hybridized carbons (Fsp3) is 0.647. The van der Waals surface area contributed by atoms with Gasteiger partial charge in [-0.15, -0.1) is 0 Å². The van der Waals surface area contributed by atoms with Gasteiger partial charge in [0.05, 0.1) is 12.1 Å². The fourth-order valence-corrected chi connectivity index (χ4v) is 3.28. The molecule has 2 atom stereocenters. The largest absolute Gasteiger partial charge is 0.376 e. The molecule has 3 heteroatoms. The maximum Gasteiger partial charge on any atom is 0.128 e. The van der Waals surface area contributed by atoms with Gasteiger partial charge >= 0.3 is 0 Å². The summed E-state index contributed by atoms with van der Waals surface area (Å²) in [6.07, 6.45) is 5.98. The summed E-state index contributed by atoms with van der Waals surface area (Å²) in [5.41, 5.74) is 7.99. The topological polar surface area (TPSA) is 35.2 Å². The maximum absolute atomic E-state index is 14.1. The van der Waals surface area contributed by atoms with Gasteiger partial charge in [-0.1, -0.05) is 37.0 Å². The lowest BCUT2D eigenvalue weighted by Gasteiger charge is -2.34. The first-order valence-electron chi connectivity index (χ1n) is 7.76. The predicted octanol–water partition coefficient (Wildman–Crippen LogP) is 4.12. The molecule has 1 aromatic rings. The summed E-state index contributed by atoms with van der Waals surface area (Å²) in [5, 5.41) is 0. The number of rotatable bonds is 5. The lowest BCUT2D eigenvalue weighted by Crippen LogP contribution is -2.37. The van der Waals surface area contributed by atoms with Crippen molar-refractivity contribution in [3.63, 3.8) is 0 Å². The molecule has 0 aliphatic heterocycles. The molecule has 1 aromatic carbocycles. The first kappa shape index (κ1) is 15.5. The van der Waals surface area contributed by atoms with E-state index in [4.69, 9.17) is 10.5 Å². The summed E-state index contributed by atoms with van der Waals surface area (Å²) in [6, 6.07) is 4.77. The molecule has 2 nitrogen and oxygen atoms in total. The van der Waals surface area contributed by atoms with E-state index in [1.807, 2.05) is 19.9 Å². The van der Waals surface area contributed by atoms with Crippen LogP contribution in [0.25, 0.3) is 0 Å². The minimum atomic E-state index is -0.377. The van der Waals surface area contributed by atoms with Crippen molar-refractivity contribution < 1.29 is 9.13 Å². The first-order valence-corrected chi connectivity index (χ1v) is 7.76. The molecule has 2 unspecified atom stereocenters. The molecule has 1 aliphatic rings. The predicted molar refractivity (Wildman–Crippen MR) is 80.1 cm³/mol. The third kappa shape index (κ3) is 3.58. The number of aryl methyl sites for hydroxylation is 1. The summed E-state index contributed by atoms with van der Waals surface area (Å²) in [5.74, 6) is 0.238. The van der Waals surface area contributed by atoms with Crippen molar-refractivity contribution in [1.29, 1.82) is 0 Å². The second-order valence-electron chi connectivity index (χ2n) is 5.87. The van der Waals surface area contributed by atoms with Gasteiger partial charge in [0.2, 0.25) is 0 Å². The highest BCUT2D eigenvalue weighted by atomic mass is 19.1. The number of hydrogen-bond acceptors (Lipinski definition) is 2. The number of ether oxygens (including phenoxy) is 1. The van der Waals surface area contributed by atoms with Crippen LogP contribution < -0.4 is 5.73 Å². The van der Waals surface area contributed by atoms with E-state index in [2.05, 4.69) is 0 Å². The molecule has 0 radical (unpaired) electrons. The van der Waals surface area contributed by atoms with Crippen LogP contribution in [-0.2, 0) is 4.74 Å². The van der Waals surface area contributed by atoms with Gasteiger partial charge < -0.3 is 10.5 Å². The molecule has 0 aromatic heterocycles. The first-order chi connectivity index (χ1) is 9.63. The zero-order valence-corrected chi connectivity index (χ0v) is 12.6. The zero-order valence-electron chi connectivity index (χ0n) is 12.6. The molecular weight excluding hydrogens is 253 g/mol. The van der Waals surface area contributed by atoms with Crippen LogP contribution in [0.2, 0.25) is 0 Å². The van der Waals surface area contributed by atoms with Crippen molar-refractivity contribution in [3.05, 3.63) is 35.1 Å². The van der Waals surface area contributed by atoms with Gasteiger partial charge in [0, 0.05) is 12.2 Å². The highest BCUT2D eigenvalue weighted by Crippen LogP contribution is 2.34. The van der Waals surface area contributed by atoms with Gasteiger partial charge in [-0.2, -0.15) is 0 Å². The summed E-state index contributed by atoms with van der Waals surface area (Å²) < 4.78 is 20.0. The average molecular weight is 279 g/mol. The van der Waals surface area contributed by atoms with E-state index in [9.17, 15) is 4.39 Å². The van der Waals surface area contributed by atoms with Gasteiger partial charge in [0.1, 0.15) is 5.82 Å². The summed E-state index contributed by atoms with van der Waals surface area (Å²) >= 11 is 0. The standard InChI is InChI=1S/C17H26FNO/c1-3-20-17(13-7-5-4-6-8-13)16(19)14-11-12(2)9-10-15(14)18/h9-11,13,16-17H,3-8,19H2,1-2H3. The third-order valence-electron chi connectivity index (χ3n) is 4.34. The van der Waals surface area contributed by atoms with Crippen LogP contribution in [0.3, 0.4) is 0 Å². The molecule has 20 heavy (non-hydrogen) atoms. The Morgan fingerprint density at radius 1 is 1.30 bits per heavy atom. The lowest BCUT2D eigenvalue weighted by molar-refractivity contribution is -0.0105. The number of nitrogens with two attached hydrogens (primary N) is 1. The molecule has 1 fully saturated rings. The van der Waals surface area contributed by atoms with Crippen LogP contribution in [0.15, 0.2) is 18.2 Å². The average Bonchev–Trinajstić information content (AvgIpc) is 2.47. The van der Waals surface area contributed by atoms with Gasteiger partial charge in [0.15, 0.2) is 0 Å². The minimum Gasteiger partial charge on any atom is -0.376 e. The van der Waals surface area contributed by atoms with Crippen LogP contribution in [0, 0.1) is 18.7 Å². The van der Waals surface area contributed by atoms with Crippen LogP contribution >= 0.6 is 0 Å². The summed E-state index contributed by atoms with van der Waals surface area (Å²) in [4.78, 5) is 0. The molecule has 1 saturated carbocycles. The summed E-state index contributed by atoms with van der Waals surface area (Å²) in [6.45, 7) is 4.57. The molecule has 0 heterocycles. The smallest absolute Gasteiger partial charge is 0.128 e. The lowest BCUT2D eigenvalue weighted by atomic mass is 9.81. The second-order valence-corrected chi connectivity index (χ2v) is 5.87. The minimum absolute atomic E-state index is 0.0726. The van der Waals surface area contributed by atoms with Crippen molar-refractivity contribution >= 4 is 0 Å². The fourth-order valence-electron chi connectivity index (χ4n) is 3.28. The normalized spacial score (nSPS) is 19.8. The SMILES string of the molecule is CCOC(C1CCCCC1)C(N)c1cc(C)ccc1F. The Morgan fingerprint density at radius 3 is 2.65 bits per heavy atom. The summed E-state index contributed by atoms with van der Waals surface area (Å²) in [7, 11) is 0. The van der Waals surface area contributed by atoms with E-state index in [-0.39, 0.29) is 18.0 Å². The molecule has 1 aliphatic carbocycles. The molecule has 0 bridgehead atoms. The molecular formula is C17H26FNO. The second kappa shape index (κ2) is 7.19. The van der Waals surface area contributed by atoms with Crippen LogP contribution in [0.5, 0.6) is 0 Å². The van der Waals surface area contributed by atoms with E-state index < -0.39 is 0 Å². The highest BCUT2D eigenvalue weighted by Gasteiger charge is 2.31. The Morgan fingerprint density at radius 2 is 2.00 bits per heavy atom. The van der Waals surface area contributed by atoms with Gasteiger partial charge in [-0.05, 0) is 38.7 Å². The van der Waals surface area contributed by atoms with Crippen LogP contribution in [0.1, 0.15) is 56.2 Å². The third-order valence-corrected chi connectivity index (χ3v) is 4.34. The molecule has 112 valence electrons. The number of hydrogen-bond donors (Lipinski definition) is 1. The van der Waals surface area contributed by atoms with Crippen molar-refractivity contribution in [1.82, 2.24) is 0 Å². The van der Waals surface area contributed by atoms with Crippen LogP contribution in [-0.4, -0.2) is 12.7 Å². The molecule has 0 spiro atoms. The van der Waals surface area contributed by atoms with Crippen molar-refractivity contribution in [2.45, 2.75) is 58.1 Å². The molecule has 2 rings (SSSR count). The van der Waals surface area contributed by atoms with E-state index in [1.54, 1.807) is 6.07 Å². The Kier molecular flexibility index (Phi) is 5.55. The Bertz CT molecular complexity index is 429. The van der Waals surface area contributed by atoms with E-state index in [0.717, 1.165) is 18.4 Å². The zero-order chi connectivity index (χ0) is 14.5. The Labute approximate surface area is 121 Å². The van der Waals surface area contributed by atoms with E-state index >= 15 is 0 Å².